The van der Waals surface area contributed by atoms with E-state index in [-0.39, 0.29) is 5.91 Å². The van der Waals surface area contributed by atoms with Crippen molar-refractivity contribution in [1.82, 2.24) is 24.6 Å². The highest BCUT2D eigenvalue weighted by atomic mass is 16.2. The standard InChI is InChI=1S/C22H25N5O/c1-14-6-4-5-7-17(14)21-18-13-27(12-16(18)11-25(21)2)22(28)15-8-20-19(23-9-15)10-24-26(20)3/h4-10,16,18,21H,11-13H2,1-3H3/t16-,18+,21-/m0/s1. The average Bonchev–Trinajstić information content (AvgIpc) is 3.34. The molecule has 5 rings (SSSR count). The summed E-state index contributed by atoms with van der Waals surface area (Å²) in [6, 6.07) is 10.9. The van der Waals surface area contributed by atoms with E-state index in [0.717, 1.165) is 30.7 Å². The zero-order chi connectivity index (χ0) is 19.4. The maximum atomic E-state index is 13.2. The summed E-state index contributed by atoms with van der Waals surface area (Å²) in [7, 11) is 4.09. The molecule has 6 heteroatoms. The van der Waals surface area contributed by atoms with Gasteiger partial charge in [-0.05, 0) is 37.1 Å². The highest BCUT2D eigenvalue weighted by Gasteiger charge is 2.47. The molecular weight excluding hydrogens is 350 g/mol. The number of carbonyl (C=O) groups is 1. The van der Waals surface area contributed by atoms with Crippen LogP contribution in [-0.4, -0.2) is 57.2 Å². The van der Waals surface area contributed by atoms with Gasteiger partial charge in [-0.25, -0.2) is 0 Å². The first-order chi connectivity index (χ1) is 13.5. The molecule has 4 heterocycles. The number of hydrogen-bond donors (Lipinski definition) is 0. The molecule has 0 spiro atoms. The van der Waals surface area contributed by atoms with Crippen molar-refractivity contribution < 1.29 is 4.79 Å². The molecule has 3 aromatic rings. The van der Waals surface area contributed by atoms with Gasteiger partial charge in [0.2, 0.25) is 0 Å². The van der Waals surface area contributed by atoms with E-state index < -0.39 is 0 Å². The summed E-state index contributed by atoms with van der Waals surface area (Å²) in [5.74, 6) is 1.08. The Labute approximate surface area is 164 Å². The summed E-state index contributed by atoms with van der Waals surface area (Å²) in [6.07, 6.45) is 3.41. The van der Waals surface area contributed by atoms with E-state index in [4.69, 9.17) is 0 Å². The third kappa shape index (κ3) is 2.63. The van der Waals surface area contributed by atoms with Crippen LogP contribution in [0.25, 0.3) is 11.0 Å². The number of amides is 1. The Hall–Kier alpha value is -2.73. The van der Waals surface area contributed by atoms with Crippen molar-refractivity contribution in [2.24, 2.45) is 18.9 Å². The van der Waals surface area contributed by atoms with E-state index in [1.807, 2.05) is 18.0 Å². The van der Waals surface area contributed by atoms with Crippen molar-refractivity contribution in [2.75, 3.05) is 26.7 Å². The number of rotatable bonds is 2. The first-order valence-corrected chi connectivity index (χ1v) is 9.85. The number of fused-ring (bicyclic) bond motifs is 2. The van der Waals surface area contributed by atoms with Crippen molar-refractivity contribution in [3.05, 3.63) is 59.4 Å². The Morgan fingerprint density at radius 2 is 1.93 bits per heavy atom. The first kappa shape index (κ1) is 17.4. The van der Waals surface area contributed by atoms with Crippen molar-refractivity contribution >= 4 is 16.9 Å². The molecule has 0 saturated carbocycles. The smallest absolute Gasteiger partial charge is 0.255 e. The van der Waals surface area contributed by atoms with Gasteiger partial charge in [0, 0.05) is 44.8 Å². The minimum Gasteiger partial charge on any atom is -0.338 e. The van der Waals surface area contributed by atoms with Crippen LogP contribution in [0.15, 0.2) is 42.7 Å². The number of aryl methyl sites for hydroxylation is 2. The minimum absolute atomic E-state index is 0.0798. The fourth-order valence-electron chi connectivity index (χ4n) is 5.14. The summed E-state index contributed by atoms with van der Waals surface area (Å²) < 4.78 is 1.76. The molecule has 0 unspecified atom stereocenters. The number of carbonyl (C=O) groups excluding carboxylic acids is 1. The van der Waals surface area contributed by atoms with E-state index in [1.54, 1.807) is 17.1 Å². The van der Waals surface area contributed by atoms with E-state index in [1.165, 1.54) is 11.1 Å². The molecule has 3 atom stereocenters. The van der Waals surface area contributed by atoms with Gasteiger partial charge in [0.15, 0.2) is 0 Å². The van der Waals surface area contributed by atoms with Gasteiger partial charge in [0.05, 0.1) is 17.3 Å². The van der Waals surface area contributed by atoms with Gasteiger partial charge in [-0.15, -0.1) is 0 Å². The van der Waals surface area contributed by atoms with Crippen molar-refractivity contribution in [3.8, 4) is 0 Å². The third-order valence-electron chi connectivity index (χ3n) is 6.54. The topological polar surface area (TPSA) is 54.3 Å². The maximum absolute atomic E-state index is 13.2. The van der Waals surface area contributed by atoms with Crippen LogP contribution in [0, 0.1) is 18.8 Å². The second-order valence-corrected chi connectivity index (χ2v) is 8.27. The number of likely N-dealkylation sites (tertiary alicyclic amines) is 2. The predicted molar refractivity (Wildman–Crippen MR) is 108 cm³/mol. The molecule has 2 aliphatic rings. The molecule has 6 nitrogen and oxygen atoms in total. The molecular formula is C22H25N5O. The molecule has 1 aromatic carbocycles. The normalized spacial score (nSPS) is 24.8. The zero-order valence-corrected chi connectivity index (χ0v) is 16.5. The van der Waals surface area contributed by atoms with Crippen LogP contribution in [0.2, 0.25) is 0 Å². The lowest BCUT2D eigenvalue weighted by Gasteiger charge is -2.28. The van der Waals surface area contributed by atoms with Crippen molar-refractivity contribution in [2.45, 2.75) is 13.0 Å². The quantitative estimate of drug-likeness (QED) is 0.691. The van der Waals surface area contributed by atoms with Gasteiger partial charge in [0.1, 0.15) is 5.52 Å². The highest BCUT2D eigenvalue weighted by Crippen LogP contribution is 2.45. The number of nitrogens with zero attached hydrogens (tertiary/aromatic N) is 5. The molecule has 2 aromatic heterocycles. The summed E-state index contributed by atoms with van der Waals surface area (Å²) in [5.41, 5.74) is 5.08. The Bertz CT molecular complexity index is 1060. The van der Waals surface area contributed by atoms with Gasteiger partial charge in [-0.3, -0.25) is 19.4 Å². The Morgan fingerprint density at radius 1 is 1.11 bits per heavy atom. The van der Waals surface area contributed by atoms with Gasteiger partial charge < -0.3 is 4.90 Å². The van der Waals surface area contributed by atoms with Crippen LogP contribution in [0.1, 0.15) is 27.5 Å². The van der Waals surface area contributed by atoms with Crippen LogP contribution in [0.4, 0.5) is 0 Å². The summed E-state index contributed by atoms with van der Waals surface area (Å²) in [6.45, 7) is 4.84. The Kier molecular flexibility index (Phi) is 3.98. The van der Waals surface area contributed by atoms with Crippen LogP contribution >= 0.6 is 0 Å². The van der Waals surface area contributed by atoms with Crippen molar-refractivity contribution in [3.63, 3.8) is 0 Å². The fraction of sp³-hybridized carbons (Fsp3) is 0.409. The molecule has 1 amide bonds. The fourth-order valence-corrected chi connectivity index (χ4v) is 5.14. The number of hydrogen-bond acceptors (Lipinski definition) is 4. The Morgan fingerprint density at radius 3 is 2.75 bits per heavy atom. The molecule has 0 aliphatic carbocycles. The average molecular weight is 375 g/mol. The molecule has 2 fully saturated rings. The SMILES string of the molecule is Cc1ccccc1[C@H]1[C@@H]2CN(C(=O)c3cnc4cnn(C)c4c3)C[C@@H]2CN1C. The van der Waals surface area contributed by atoms with Gasteiger partial charge in [0.25, 0.3) is 5.91 Å². The van der Waals surface area contributed by atoms with Crippen LogP contribution in [0.5, 0.6) is 0 Å². The van der Waals surface area contributed by atoms with Crippen LogP contribution < -0.4 is 0 Å². The monoisotopic (exact) mass is 375 g/mol. The van der Waals surface area contributed by atoms with Crippen LogP contribution in [-0.2, 0) is 7.05 Å². The maximum Gasteiger partial charge on any atom is 0.255 e. The molecule has 2 saturated heterocycles. The number of pyridine rings is 1. The van der Waals surface area contributed by atoms with E-state index in [2.05, 4.69) is 53.2 Å². The lowest BCUT2D eigenvalue weighted by Crippen LogP contribution is -2.33. The first-order valence-electron chi connectivity index (χ1n) is 9.85. The van der Waals surface area contributed by atoms with E-state index >= 15 is 0 Å². The lowest BCUT2D eigenvalue weighted by atomic mass is 9.88. The third-order valence-corrected chi connectivity index (χ3v) is 6.54. The number of aromatic nitrogens is 3. The molecule has 0 radical (unpaired) electrons. The van der Waals surface area contributed by atoms with Gasteiger partial charge in [-0.1, -0.05) is 24.3 Å². The lowest BCUT2D eigenvalue weighted by molar-refractivity contribution is 0.0767. The zero-order valence-electron chi connectivity index (χ0n) is 16.5. The van der Waals surface area contributed by atoms with Crippen LogP contribution in [0.3, 0.4) is 0 Å². The Balaban J connectivity index is 1.41. The molecule has 0 bridgehead atoms. The molecule has 0 N–H and O–H groups in total. The van der Waals surface area contributed by atoms with Crippen molar-refractivity contribution in [1.29, 1.82) is 0 Å². The largest absolute Gasteiger partial charge is 0.338 e. The highest BCUT2D eigenvalue weighted by molar-refractivity contribution is 5.96. The predicted octanol–water partition coefficient (Wildman–Crippen LogP) is 2.65. The molecule has 28 heavy (non-hydrogen) atoms. The second-order valence-electron chi connectivity index (χ2n) is 8.27. The van der Waals surface area contributed by atoms with E-state index in [0.29, 0.717) is 23.4 Å². The van der Waals surface area contributed by atoms with Gasteiger partial charge >= 0.3 is 0 Å². The summed E-state index contributed by atoms with van der Waals surface area (Å²) in [4.78, 5) is 22.1. The second kappa shape index (κ2) is 6.41. The molecule has 2 aliphatic heterocycles. The van der Waals surface area contributed by atoms with Gasteiger partial charge in [-0.2, -0.15) is 5.10 Å². The molecule has 144 valence electrons. The minimum atomic E-state index is 0.0798. The van der Waals surface area contributed by atoms with E-state index in [9.17, 15) is 4.79 Å². The number of benzene rings is 1. The summed E-state index contributed by atoms with van der Waals surface area (Å²) >= 11 is 0. The summed E-state index contributed by atoms with van der Waals surface area (Å²) in [5, 5.41) is 4.22.